The highest BCUT2D eigenvalue weighted by Crippen LogP contribution is 2.31. The van der Waals surface area contributed by atoms with E-state index in [1.165, 1.54) is 18.2 Å². The molecular weight excluding hydrogens is 274 g/mol. The molecule has 1 aliphatic carbocycles. The van der Waals surface area contributed by atoms with Gasteiger partial charge in [0.25, 0.3) is 5.69 Å². The number of carbonyl (C=O) groups excluding carboxylic acids is 1. The number of primary amides is 1. The molecule has 2 atom stereocenters. The van der Waals surface area contributed by atoms with Crippen molar-refractivity contribution in [1.82, 2.24) is 0 Å². The molecule has 7 heteroatoms. The maximum absolute atomic E-state index is 11.2. The van der Waals surface area contributed by atoms with Crippen LogP contribution in [0.3, 0.4) is 0 Å². The molecular formula is C14H19N3O4. The number of nitro benzene ring substituents is 1. The fourth-order valence-corrected chi connectivity index (χ4v) is 2.78. The standard InChI is InChI=1S/C14H19N3O4/c15-14(19)9-5-6-13(17(20)21)12(7-9)16-11-4-2-1-3-10(11)8-18/h5-7,10-11,16,18H,1-4,8H2,(H2,15,19). The van der Waals surface area contributed by atoms with Crippen LogP contribution < -0.4 is 11.1 Å². The summed E-state index contributed by atoms with van der Waals surface area (Å²) in [5.41, 5.74) is 5.62. The normalized spacial score (nSPS) is 21.8. The molecule has 7 nitrogen and oxygen atoms in total. The average Bonchev–Trinajstić information content (AvgIpc) is 2.47. The van der Waals surface area contributed by atoms with Crippen LogP contribution in [0.15, 0.2) is 18.2 Å². The van der Waals surface area contributed by atoms with Gasteiger partial charge in [0.1, 0.15) is 5.69 Å². The van der Waals surface area contributed by atoms with E-state index in [1.54, 1.807) is 0 Å². The predicted octanol–water partition coefficient (Wildman–Crippen LogP) is 1.66. The molecule has 21 heavy (non-hydrogen) atoms. The van der Waals surface area contributed by atoms with Crippen LogP contribution in [0.5, 0.6) is 0 Å². The van der Waals surface area contributed by atoms with Gasteiger partial charge in [0.2, 0.25) is 5.91 Å². The first-order valence-electron chi connectivity index (χ1n) is 6.98. The lowest BCUT2D eigenvalue weighted by atomic mass is 9.85. The Labute approximate surface area is 122 Å². The van der Waals surface area contributed by atoms with E-state index in [0.29, 0.717) is 0 Å². The van der Waals surface area contributed by atoms with Gasteiger partial charge in [-0.2, -0.15) is 0 Å². The number of hydrogen-bond acceptors (Lipinski definition) is 5. The molecule has 0 radical (unpaired) electrons. The number of nitro groups is 1. The van der Waals surface area contributed by atoms with Gasteiger partial charge in [-0.05, 0) is 25.0 Å². The molecule has 114 valence electrons. The quantitative estimate of drug-likeness (QED) is 0.563. The highest BCUT2D eigenvalue weighted by atomic mass is 16.6. The Kier molecular flexibility index (Phi) is 4.74. The fraction of sp³-hybridized carbons (Fsp3) is 0.500. The Hall–Kier alpha value is -2.15. The lowest BCUT2D eigenvalue weighted by Gasteiger charge is -2.31. The van der Waals surface area contributed by atoms with E-state index in [2.05, 4.69) is 5.32 Å². The third kappa shape index (κ3) is 3.49. The van der Waals surface area contributed by atoms with Gasteiger partial charge in [0.05, 0.1) is 4.92 Å². The molecule has 1 saturated carbocycles. The van der Waals surface area contributed by atoms with Gasteiger partial charge in [-0.25, -0.2) is 0 Å². The van der Waals surface area contributed by atoms with Crippen molar-refractivity contribution in [2.24, 2.45) is 11.7 Å². The monoisotopic (exact) mass is 293 g/mol. The second kappa shape index (κ2) is 6.53. The fourth-order valence-electron chi connectivity index (χ4n) is 2.78. The van der Waals surface area contributed by atoms with Crippen LogP contribution in [0.2, 0.25) is 0 Å². The van der Waals surface area contributed by atoms with Crippen molar-refractivity contribution in [2.45, 2.75) is 31.7 Å². The van der Waals surface area contributed by atoms with Gasteiger partial charge in [0.15, 0.2) is 0 Å². The SMILES string of the molecule is NC(=O)c1ccc([N+](=O)[O-])c(NC2CCCCC2CO)c1. The third-order valence-corrected chi connectivity index (χ3v) is 3.96. The second-order valence-corrected chi connectivity index (χ2v) is 5.33. The van der Waals surface area contributed by atoms with Gasteiger partial charge in [-0.3, -0.25) is 14.9 Å². The second-order valence-electron chi connectivity index (χ2n) is 5.33. The molecule has 0 heterocycles. The van der Waals surface area contributed by atoms with Gasteiger partial charge in [-0.15, -0.1) is 0 Å². The van der Waals surface area contributed by atoms with Crippen LogP contribution in [-0.2, 0) is 0 Å². The van der Waals surface area contributed by atoms with Crippen molar-refractivity contribution >= 4 is 17.3 Å². The van der Waals surface area contributed by atoms with Crippen molar-refractivity contribution in [3.63, 3.8) is 0 Å². The molecule has 1 aromatic carbocycles. The van der Waals surface area contributed by atoms with E-state index < -0.39 is 10.8 Å². The van der Waals surface area contributed by atoms with Crippen LogP contribution in [0.4, 0.5) is 11.4 Å². The Balaban J connectivity index is 2.29. The topological polar surface area (TPSA) is 118 Å². The summed E-state index contributed by atoms with van der Waals surface area (Å²) >= 11 is 0. The molecule has 4 N–H and O–H groups in total. The summed E-state index contributed by atoms with van der Waals surface area (Å²) in [5.74, 6) is -0.564. The summed E-state index contributed by atoms with van der Waals surface area (Å²) in [5, 5.41) is 23.6. The number of nitrogens with one attached hydrogen (secondary N) is 1. The van der Waals surface area contributed by atoms with E-state index in [-0.39, 0.29) is 35.5 Å². The zero-order valence-corrected chi connectivity index (χ0v) is 11.6. The first-order valence-corrected chi connectivity index (χ1v) is 6.98. The van der Waals surface area contributed by atoms with Crippen LogP contribution in [0, 0.1) is 16.0 Å². The number of anilines is 1. The number of aliphatic hydroxyl groups excluding tert-OH is 1. The molecule has 1 aromatic rings. The van der Waals surface area contributed by atoms with E-state index in [1.807, 2.05) is 0 Å². The zero-order chi connectivity index (χ0) is 15.4. The van der Waals surface area contributed by atoms with Gasteiger partial charge in [0, 0.05) is 30.2 Å². The molecule has 1 fully saturated rings. The predicted molar refractivity (Wildman–Crippen MR) is 78.1 cm³/mol. The summed E-state index contributed by atoms with van der Waals surface area (Å²) in [7, 11) is 0. The average molecular weight is 293 g/mol. The van der Waals surface area contributed by atoms with E-state index in [4.69, 9.17) is 5.73 Å². The Bertz CT molecular complexity index is 547. The first kappa shape index (κ1) is 15.2. The van der Waals surface area contributed by atoms with Crippen LogP contribution in [0.1, 0.15) is 36.0 Å². The molecule has 0 saturated heterocycles. The molecule has 2 unspecified atom stereocenters. The maximum atomic E-state index is 11.2. The molecule has 0 spiro atoms. The lowest BCUT2D eigenvalue weighted by molar-refractivity contribution is -0.384. The van der Waals surface area contributed by atoms with E-state index in [9.17, 15) is 20.0 Å². The number of benzene rings is 1. The Morgan fingerprint density at radius 1 is 1.43 bits per heavy atom. The number of nitrogens with two attached hydrogens (primary N) is 1. The van der Waals surface area contributed by atoms with E-state index >= 15 is 0 Å². The van der Waals surface area contributed by atoms with Crippen molar-refractivity contribution in [2.75, 3.05) is 11.9 Å². The molecule has 0 aliphatic heterocycles. The van der Waals surface area contributed by atoms with Crippen LogP contribution in [0.25, 0.3) is 0 Å². The highest BCUT2D eigenvalue weighted by Gasteiger charge is 2.27. The molecule has 0 aromatic heterocycles. The van der Waals surface area contributed by atoms with Gasteiger partial charge in [-0.1, -0.05) is 12.8 Å². The number of aliphatic hydroxyl groups is 1. The largest absolute Gasteiger partial charge is 0.396 e. The Morgan fingerprint density at radius 3 is 2.76 bits per heavy atom. The molecule has 2 rings (SSSR count). The summed E-state index contributed by atoms with van der Waals surface area (Å²) < 4.78 is 0. The van der Waals surface area contributed by atoms with Crippen molar-refractivity contribution in [3.8, 4) is 0 Å². The number of amides is 1. The molecule has 0 bridgehead atoms. The minimum absolute atomic E-state index is 0.0365. The van der Waals surface area contributed by atoms with Crippen molar-refractivity contribution < 1.29 is 14.8 Å². The number of nitrogens with zero attached hydrogens (tertiary/aromatic N) is 1. The van der Waals surface area contributed by atoms with E-state index in [0.717, 1.165) is 25.7 Å². The summed E-state index contributed by atoms with van der Waals surface area (Å²) in [6.07, 6.45) is 3.78. The first-order chi connectivity index (χ1) is 10.0. The van der Waals surface area contributed by atoms with Crippen molar-refractivity contribution in [1.29, 1.82) is 0 Å². The van der Waals surface area contributed by atoms with Crippen LogP contribution >= 0.6 is 0 Å². The number of carbonyl (C=O) groups is 1. The zero-order valence-electron chi connectivity index (χ0n) is 11.6. The minimum atomic E-state index is -0.629. The van der Waals surface area contributed by atoms with Gasteiger partial charge < -0.3 is 16.2 Å². The molecule has 1 amide bonds. The lowest BCUT2D eigenvalue weighted by Crippen LogP contribution is -2.34. The summed E-state index contributed by atoms with van der Waals surface area (Å²) in [6.45, 7) is 0.0426. The highest BCUT2D eigenvalue weighted by molar-refractivity contribution is 5.94. The third-order valence-electron chi connectivity index (χ3n) is 3.96. The Morgan fingerprint density at radius 2 is 2.14 bits per heavy atom. The smallest absolute Gasteiger partial charge is 0.292 e. The van der Waals surface area contributed by atoms with Crippen LogP contribution in [-0.4, -0.2) is 28.6 Å². The van der Waals surface area contributed by atoms with Gasteiger partial charge >= 0.3 is 0 Å². The van der Waals surface area contributed by atoms with Crippen molar-refractivity contribution in [3.05, 3.63) is 33.9 Å². The summed E-state index contributed by atoms with van der Waals surface area (Å²) in [4.78, 5) is 21.8. The minimum Gasteiger partial charge on any atom is -0.396 e. The molecule has 1 aliphatic rings. The number of hydrogen-bond donors (Lipinski definition) is 3. The summed E-state index contributed by atoms with van der Waals surface area (Å²) in [6, 6.07) is 3.99. The number of rotatable bonds is 5. The maximum Gasteiger partial charge on any atom is 0.292 e.